The van der Waals surface area contributed by atoms with Crippen molar-refractivity contribution in [1.29, 1.82) is 0 Å². The minimum atomic E-state index is -1.03. The maximum absolute atomic E-state index is 13.5. The van der Waals surface area contributed by atoms with Gasteiger partial charge in [0, 0.05) is 12.5 Å². The molecule has 6 heteroatoms. The Hall–Kier alpha value is -1.98. The fourth-order valence-corrected chi connectivity index (χ4v) is 1.46. The van der Waals surface area contributed by atoms with E-state index in [-0.39, 0.29) is 18.0 Å². The van der Waals surface area contributed by atoms with E-state index in [1.165, 1.54) is 0 Å². The van der Waals surface area contributed by atoms with Crippen LogP contribution in [-0.2, 0) is 9.53 Å². The van der Waals surface area contributed by atoms with Crippen molar-refractivity contribution in [2.24, 2.45) is 0 Å². The molecule has 1 rings (SSSR count). The zero-order valence-electron chi connectivity index (χ0n) is 10.8. The molecule has 0 radical (unpaired) electrons. The molecular weight excluding hydrogens is 256 g/mol. The van der Waals surface area contributed by atoms with E-state index in [2.05, 4.69) is 10.1 Å². The van der Waals surface area contributed by atoms with Crippen LogP contribution in [-0.4, -0.2) is 19.0 Å². The van der Waals surface area contributed by atoms with Gasteiger partial charge in [0.2, 0.25) is 5.91 Å². The summed E-state index contributed by atoms with van der Waals surface area (Å²) in [5, 5.41) is 2.30. The van der Waals surface area contributed by atoms with Crippen molar-refractivity contribution in [3.63, 3.8) is 0 Å². The maximum Gasteiger partial charge on any atom is 0.340 e. The molecule has 1 N–H and O–H groups in total. The smallest absolute Gasteiger partial charge is 0.340 e. The molecule has 0 aliphatic carbocycles. The van der Waals surface area contributed by atoms with Crippen molar-refractivity contribution < 1.29 is 23.1 Å². The summed E-state index contributed by atoms with van der Waals surface area (Å²) in [6.07, 6.45) is 1.73. The summed E-state index contributed by atoms with van der Waals surface area (Å²) in [6, 6.07) is 1.47. The number of amides is 1. The third kappa shape index (κ3) is 4.01. The number of nitrogens with one attached hydrogen (secondary N) is 1. The van der Waals surface area contributed by atoms with Gasteiger partial charge in [0.25, 0.3) is 0 Å². The molecule has 0 atom stereocenters. The van der Waals surface area contributed by atoms with Gasteiger partial charge in [-0.2, -0.15) is 0 Å². The number of rotatable bonds is 5. The molecular formula is C13H15F2NO3. The number of carbonyl (C=O) groups is 2. The van der Waals surface area contributed by atoms with E-state index in [0.717, 1.165) is 19.6 Å². The number of esters is 1. The van der Waals surface area contributed by atoms with Gasteiger partial charge in [-0.1, -0.05) is 13.3 Å². The van der Waals surface area contributed by atoms with Gasteiger partial charge in [-0.15, -0.1) is 0 Å². The number of hydrogen-bond donors (Lipinski definition) is 1. The molecule has 104 valence electrons. The Bertz CT molecular complexity index is 489. The third-order valence-corrected chi connectivity index (χ3v) is 2.49. The molecule has 0 saturated heterocycles. The number of hydrogen-bond acceptors (Lipinski definition) is 3. The van der Waals surface area contributed by atoms with Gasteiger partial charge in [-0.3, -0.25) is 4.79 Å². The van der Waals surface area contributed by atoms with Crippen LogP contribution >= 0.6 is 0 Å². The molecule has 1 aromatic carbocycles. The first kappa shape index (κ1) is 15.1. The number of carbonyl (C=O) groups excluding carboxylic acids is 2. The number of unbranched alkanes of at least 4 members (excludes halogenated alkanes) is 1. The standard InChI is InChI=1S/C13H15F2NO3/c1-3-4-5-12(17)16-11-6-8(13(18)19-2)9(14)7-10(11)15/h6-7H,3-5H2,1-2H3,(H,16,17). The first-order valence-corrected chi connectivity index (χ1v) is 5.86. The van der Waals surface area contributed by atoms with Crippen LogP contribution in [0.2, 0.25) is 0 Å². The Morgan fingerprint density at radius 1 is 1.26 bits per heavy atom. The van der Waals surface area contributed by atoms with Crippen LogP contribution in [0.5, 0.6) is 0 Å². The molecule has 0 aliphatic rings. The van der Waals surface area contributed by atoms with Crippen LogP contribution in [0.1, 0.15) is 36.5 Å². The molecule has 4 nitrogen and oxygen atoms in total. The van der Waals surface area contributed by atoms with Crippen molar-refractivity contribution in [2.75, 3.05) is 12.4 Å². The van der Waals surface area contributed by atoms with E-state index in [1.54, 1.807) is 0 Å². The van der Waals surface area contributed by atoms with E-state index in [9.17, 15) is 18.4 Å². The summed E-state index contributed by atoms with van der Waals surface area (Å²) in [5.41, 5.74) is -0.655. The Balaban J connectivity index is 2.95. The summed E-state index contributed by atoms with van der Waals surface area (Å²) in [7, 11) is 1.09. The van der Waals surface area contributed by atoms with Gasteiger partial charge in [0.15, 0.2) is 0 Å². The Morgan fingerprint density at radius 3 is 2.53 bits per heavy atom. The minimum absolute atomic E-state index is 0.233. The monoisotopic (exact) mass is 271 g/mol. The first-order valence-electron chi connectivity index (χ1n) is 5.86. The Morgan fingerprint density at radius 2 is 1.95 bits per heavy atom. The largest absolute Gasteiger partial charge is 0.465 e. The highest BCUT2D eigenvalue weighted by atomic mass is 19.1. The molecule has 0 heterocycles. The SMILES string of the molecule is CCCCC(=O)Nc1cc(C(=O)OC)c(F)cc1F. The predicted molar refractivity (Wildman–Crippen MR) is 65.9 cm³/mol. The fraction of sp³-hybridized carbons (Fsp3) is 0.385. The lowest BCUT2D eigenvalue weighted by atomic mass is 10.1. The van der Waals surface area contributed by atoms with E-state index in [0.29, 0.717) is 12.5 Å². The lowest BCUT2D eigenvalue weighted by molar-refractivity contribution is -0.116. The average Bonchev–Trinajstić information content (AvgIpc) is 2.38. The quantitative estimate of drug-likeness (QED) is 0.838. The number of anilines is 1. The lowest BCUT2D eigenvalue weighted by Gasteiger charge is -2.08. The highest BCUT2D eigenvalue weighted by Crippen LogP contribution is 2.20. The van der Waals surface area contributed by atoms with Crippen molar-refractivity contribution in [2.45, 2.75) is 26.2 Å². The van der Waals surface area contributed by atoms with Gasteiger partial charge in [-0.25, -0.2) is 13.6 Å². The van der Waals surface area contributed by atoms with Gasteiger partial charge < -0.3 is 10.1 Å². The van der Waals surface area contributed by atoms with Crippen molar-refractivity contribution >= 4 is 17.6 Å². The topological polar surface area (TPSA) is 55.4 Å². The summed E-state index contributed by atoms with van der Waals surface area (Å²) >= 11 is 0. The van der Waals surface area contributed by atoms with Crippen LogP contribution in [0.3, 0.4) is 0 Å². The minimum Gasteiger partial charge on any atom is -0.465 e. The van der Waals surface area contributed by atoms with Gasteiger partial charge in [-0.05, 0) is 12.5 Å². The lowest BCUT2D eigenvalue weighted by Crippen LogP contribution is -2.14. The second-order valence-electron chi connectivity index (χ2n) is 3.96. The molecule has 0 spiro atoms. The van der Waals surface area contributed by atoms with Gasteiger partial charge in [0.05, 0.1) is 18.4 Å². The first-order chi connectivity index (χ1) is 8.99. The molecule has 0 bridgehead atoms. The number of halogens is 2. The second kappa shape index (κ2) is 6.82. The normalized spacial score (nSPS) is 10.1. The van der Waals surface area contributed by atoms with Gasteiger partial charge >= 0.3 is 5.97 Å². The van der Waals surface area contributed by atoms with E-state index < -0.39 is 23.2 Å². The Labute approximate surface area is 109 Å². The highest BCUT2D eigenvalue weighted by molar-refractivity contribution is 5.94. The summed E-state index contributed by atoms with van der Waals surface area (Å²) in [5.74, 6) is -3.28. The summed E-state index contributed by atoms with van der Waals surface area (Å²) in [4.78, 5) is 22.7. The van der Waals surface area contributed by atoms with Crippen LogP contribution in [0.25, 0.3) is 0 Å². The van der Waals surface area contributed by atoms with Crippen LogP contribution in [0, 0.1) is 11.6 Å². The van der Waals surface area contributed by atoms with Crippen LogP contribution < -0.4 is 5.32 Å². The van der Waals surface area contributed by atoms with Crippen molar-refractivity contribution in [3.05, 3.63) is 29.3 Å². The fourth-order valence-electron chi connectivity index (χ4n) is 1.46. The molecule has 1 amide bonds. The molecule has 0 saturated carbocycles. The zero-order chi connectivity index (χ0) is 14.4. The third-order valence-electron chi connectivity index (χ3n) is 2.49. The molecule has 19 heavy (non-hydrogen) atoms. The van der Waals surface area contributed by atoms with Crippen LogP contribution in [0.15, 0.2) is 12.1 Å². The molecule has 0 fully saturated rings. The van der Waals surface area contributed by atoms with E-state index >= 15 is 0 Å². The predicted octanol–water partition coefficient (Wildman–Crippen LogP) is 2.88. The van der Waals surface area contributed by atoms with Crippen LogP contribution in [0.4, 0.5) is 14.5 Å². The average molecular weight is 271 g/mol. The number of ether oxygens (including phenoxy) is 1. The maximum atomic E-state index is 13.5. The number of methoxy groups -OCH3 is 1. The summed E-state index contributed by atoms with van der Waals surface area (Å²) < 4.78 is 31.2. The molecule has 0 aromatic heterocycles. The number of benzene rings is 1. The van der Waals surface area contributed by atoms with E-state index in [4.69, 9.17) is 0 Å². The highest BCUT2D eigenvalue weighted by Gasteiger charge is 2.17. The zero-order valence-corrected chi connectivity index (χ0v) is 10.8. The van der Waals surface area contributed by atoms with Crippen molar-refractivity contribution in [3.8, 4) is 0 Å². The van der Waals surface area contributed by atoms with Gasteiger partial charge in [0.1, 0.15) is 11.6 Å². The second-order valence-corrected chi connectivity index (χ2v) is 3.96. The summed E-state index contributed by atoms with van der Waals surface area (Å²) in [6.45, 7) is 1.92. The molecule has 0 aliphatic heterocycles. The molecule has 1 aromatic rings. The van der Waals surface area contributed by atoms with E-state index in [1.807, 2.05) is 6.92 Å². The Kier molecular flexibility index (Phi) is 5.41. The van der Waals surface area contributed by atoms with Crippen molar-refractivity contribution in [1.82, 2.24) is 0 Å². The molecule has 0 unspecified atom stereocenters.